The quantitative estimate of drug-likeness (QED) is 0.923. The minimum absolute atomic E-state index is 0.337. The molecule has 0 saturated heterocycles. The average Bonchev–Trinajstić information content (AvgIpc) is 2.90. The van der Waals surface area contributed by atoms with Crippen molar-refractivity contribution in [1.29, 1.82) is 0 Å². The molecule has 3 nitrogen and oxygen atoms in total. The van der Waals surface area contributed by atoms with E-state index in [1.165, 1.54) is 5.56 Å². The molecular formula is C14H15NO2S. The molecule has 4 heteroatoms. The van der Waals surface area contributed by atoms with E-state index in [9.17, 15) is 5.11 Å². The summed E-state index contributed by atoms with van der Waals surface area (Å²) in [5, 5.41) is 12.0. The summed E-state index contributed by atoms with van der Waals surface area (Å²) in [4.78, 5) is 4.18. The van der Waals surface area contributed by atoms with E-state index in [0.29, 0.717) is 6.61 Å². The second-order valence-electron chi connectivity index (χ2n) is 4.54. The molecule has 0 spiro atoms. The molecule has 0 fully saturated rings. The highest BCUT2D eigenvalue weighted by molar-refractivity contribution is 7.07. The van der Waals surface area contributed by atoms with Crippen molar-refractivity contribution in [3.63, 3.8) is 0 Å². The molecule has 94 valence electrons. The third-order valence-electron chi connectivity index (χ3n) is 3.27. The van der Waals surface area contributed by atoms with Gasteiger partial charge in [0.15, 0.2) is 0 Å². The maximum Gasteiger partial charge on any atom is 0.131 e. The zero-order valence-electron chi connectivity index (χ0n) is 10.0. The van der Waals surface area contributed by atoms with Crippen LogP contribution in [0.25, 0.3) is 0 Å². The van der Waals surface area contributed by atoms with Gasteiger partial charge in [0.05, 0.1) is 17.3 Å². The van der Waals surface area contributed by atoms with E-state index in [0.717, 1.165) is 36.3 Å². The number of ether oxygens (including phenoxy) is 1. The Bertz CT molecular complexity index is 525. The van der Waals surface area contributed by atoms with E-state index in [4.69, 9.17) is 4.74 Å². The van der Waals surface area contributed by atoms with E-state index in [1.807, 2.05) is 17.5 Å². The van der Waals surface area contributed by atoms with Crippen LogP contribution in [-0.2, 0) is 13.0 Å². The van der Waals surface area contributed by atoms with Gasteiger partial charge in [-0.3, -0.25) is 0 Å². The van der Waals surface area contributed by atoms with Gasteiger partial charge in [-0.15, -0.1) is 11.3 Å². The molecule has 3 rings (SSSR count). The Morgan fingerprint density at radius 2 is 2.39 bits per heavy atom. The fraction of sp³-hybridized carbons (Fsp3) is 0.357. The first-order valence-electron chi connectivity index (χ1n) is 6.13. The molecule has 1 N–H and O–H groups in total. The first-order chi connectivity index (χ1) is 8.83. The molecule has 1 aromatic heterocycles. The van der Waals surface area contributed by atoms with Gasteiger partial charge in [0.1, 0.15) is 12.4 Å². The number of hydrogen-bond donors (Lipinski definition) is 1. The number of hydrogen-bond acceptors (Lipinski definition) is 4. The van der Waals surface area contributed by atoms with Gasteiger partial charge >= 0.3 is 0 Å². The molecule has 1 heterocycles. The molecule has 0 bridgehead atoms. The summed E-state index contributed by atoms with van der Waals surface area (Å²) in [5.41, 5.74) is 5.01. The number of aliphatic hydroxyl groups excluding tert-OH is 1. The Morgan fingerprint density at radius 3 is 3.22 bits per heavy atom. The lowest BCUT2D eigenvalue weighted by Gasteiger charge is -2.21. The molecule has 0 unspecified atom stereocenters. The van der Waals surface area contributed by atoms with Crippen LogP contribution in [0.15, 0.2) is 29.1 Å². The van der Waals surface area contributed by atoms with Crippen molar-refractivity contribution >= 4 is 11.3 Å². The highest BCUT2D eigenvalue weighted by atomic mass is 32.1. The van der Waals surface area contributed by atoms with Crippen LogP contribution in [0.3, 0.4) is 0 Å². The standard InChI is InChI=1S/C14H15NO2S/c16-14-3-1-2-10-4-5-12(6-13(10)14)17-7-11-8-18-9-15-11/h4-6,8-9,14,16H,1-3,7H2/t14-/m1/s1. The minimum atomic E-state index is -0.337. The molecule has 0 radical (unpaired) electrons. The van der Waals surface area contributed by atoms with Gasteiger partial charge in [-0.1, -0.05) is 6.07 Å². The summed E-state index contributed by atoms with van der Waals surface area (Å²) in [6.07, 6.45) is 2.63. The van der Waals surface area contributed by atoms with Gasteiger partial charge in [0, 0.05) is 5.38 Å². The fourth-order valence-electron chi connectivity index (χ4n) is 2.31. The predicted molar refractivity (Wildman–Crippen MR) is 70.8 cm³/mol. The molecule has 1 aliphatic rings. The monoisotopic (exact) mass is 261 g/mol. The Labute approximate surface area is 110 Å². The second-order valence-corrected chi connectivity index (χ2v) is 5.26. The molecule has 0 aliphatic heterocycles. The number of rotatable bonds is 3. The Morgan fingerprint density at radius 1 is 1.44 bits per heavy atom. The number of benzene rings is 1. The van der Waals surface area contributed by atoms with Crippen molar-refractivity contribution in [1.82, 2.24) is 4.98 Å². The number of aliphatic hydroxyl groups is 1. The highest BCUT2D eigenvalue weighted by Crippen LogP contribution is 2.32. The summed E-state index contributed by atoms with van der Waals surface area (Å²) in [5.74, 6) is 0.808. The molecule has 0 amide bonds. The maximum atomic E-state index is 9.97. The van der Waals surface area contributed by atoms with Crippen LogP contribution in [0.1, 0.15) is 35.8 Å². The second kappa shape index (κ2) is 5.08. The largest absolute Gasteiger partial charge is 0.487 e. The highest BCUT2D eigenvalue weighted by Gasteiger charge is 2.18. The van der Waals surface area contributed by atoms with Crippen LogP contribution in [0.5, 0.6) is 5.75 Å². The van der Waals surface area contributed by atoms with Crippen molar-refractivity contribution in [2.75, 3.05) is 0 Å². The normalized spacial score (nSPS) is 18.4. The topological polar surface area (TPSA) is 42.4 Å². The van der Waals surface area contributed by atoms with Gasteiger partial charge in [0.25, 0.3) is 0 Å². The fourth-order valence-corrected chi connectivity index (χ4v) is 2.85. The van der Waals surface area contributed by atoms with Crippen LogP contribution in [-0.4, -0.2) is 10.1 Å². The van der Waals surface area contributed by atoms with Crippen molar-refractivity contribution in [2.24, 2.45) is 0 Å². The summed E-state index contributed by atoms with van der Waals surface area (Å²) in [6.45, 7) is 0.485. The molecule has 18 heavy (non-hydrogen) atoms. The zero-order valence-corrected chi connectivity index (χ0v) is 10.8. The lowest BCUT2D eigenvalue weighted by molar-refractivity contribution is 0.156. The lowest BCUT2D eigenvalue weighted by Crippen LogP contribution is -2.09. The number of aryl methyl sites for hydroxylation is 1. The minimum Gasteiger partial charge on any atom is -0.487 e. The van der Waals surface area contributed by atoms with Gasteiger partial charge < -0.3 is 9.84 Å². The molecule has 2 aromatic rings. The van der Waals surface area contributed by atoms with Crippen LogP contribution in [0, 0.1) is 0 Å². The van der Waals surface area contributed by atoms with Gasteiger partial charge in [-0.2, -0.15) is 0 Å². The Hall–Kier alpha value is -1.39. The molecule has 1 atom stereocenters. The van der Waals surface area contributed by atoms with Gasteiger partial charge in [-0.25, -0.2) is 4.98 Å². The van der Waals surface area contributed by atoms with E-state index in [1.54, 1.807) is 16.8 Å². The predicted octanol–water partition coefficient (Wildman–Crippen LogP) is 3.09. The number of fused-ring (bicyclic) bond motifs is 1. The van der Waals surface area contributed by atoms with Crippen molar-refractivity contribution in [3.8, 4) is 5.75 Å². The third kappa shape index (κ3) is 2.40. The summed E-state index contributed by atoms with van der Waals surface area (Å²) >= 11 is 1.57. The smallest absolute Gasteiger partial charge is 0.131 e. The number of aromatic nitrogens is 1. The third-order valence-corrected chi connectivity index (χ3v) is 3.91. The molecule has 0 saturated carbocycles. The maximum absolute atomic E-state index is 9.97. The average molecular weight is 261 g/mol. The Kier molecular flexibility index (Phi) is 3.30. The first kappa shape index (κ1) is 11.7. The lowest BCUT2D eigenvalue weighted by atomic mass is 9.89. The van der Waals surface area contributed by atoms with Crippen molar-refractivity contribution in [3.05, 3.63) is 45.9 Å². The van der Waals surface area contributed by atoms with Crippen LogP contribution < -0.4 is 4.74 Å². The number of nitrogens with zero attached hydrogens (tertiary/aromatic N) is 1. The van der Waals surface area contributed by atoms with E-state index in [2.05, 4.69) is 11.1 Å². The summed E-state index contributed by atoms with van der Waals surface area (Å²) in [6, 6.07) is 6.00. The van der Waals surface area contributed by atoms with E-state index >= 15 is 0 Å². The first-order valence-corrected chi connectivity index (χ1v) is 7.08. The van der Waals surface area contributed by atoms with Crippen molar-refractivity contribution in [2.45, 2.75) is 32.0 Å². The van der Waals surface area contributed by atoms with Crippen LogP contribution in [0.4, 0.5) is 0 Å². The Balaban J connectivity index is 1.75. The van der Waals surface area contributed by atoms with Gasteiger partial charge in [0.2, 0.25) is 0 Å². The van der Waals surface area contributed by atoms with Crippen molar-refractivity contribution < 1.29 is 9.84 Å². The van der Waals surface area contributed by atoms with Crippen LogP contribution in [0.2, 0.25) is 0 Å². The summed E-state index contributed by atoms with van der Waals surface area (Å²) in [7, 11) is 0. The van der Waals surface area contributed by atoms with Gasteiger partial charge in [-0.05, 0) is 42.5 Å². The molecule has 1 aliphatic carbocycles. The van der Waals surface area contributed by atoms with Crippen LogP contribution >= 0.6 is 11.3 Å². The zero-order chi connectivity index (χ0) is 12.4. The molecular weight excluding hydrogens is 246 g/mol. The summed E-state index contributed by atoms with van der Waals surface area (Å²) < 4.78 is 5.70. The molecule has 1 aromatic carbocycles. The van der Waals surface area contributed by atoms with E-state index in [-0.39, 0.29) is 6.10 Å². The SMILES string of the molecule is O[C@@H]1CCCc2ccc(OCc3cscn3)cc21. The number of thiazole rings is 1. The van der Waals surface area contributed by atoms with E-state index < -0.39 is 0 Å².